The SMILES string of the molecule is COC(=O)c1sccc1Nc1nc(Nc2ccc(N3CCOCC3)cc2)ncc1Br. The molecule has 3 heterocycles. The molecule has 1 aliphatic rings. The van der Waals surface area contributed by atoms with Gasteiger partial charge in [-0.1, -0.05) is 0 Å². The predicted octanol–water partition coefficient (Wildman–Crippen LogP) is 4.41. The fraction of sp³-hybridized carbons (Fsp3) is 0.250. The van der Waals surface area contributed by atoms with Gasteiger partial charge in [-0.25, -0.2) is 9.78 Å². The Morgan fingerprint density at radius 3 is 2.70 bits per heavy atom. The van der Waals surface area contributed by atoms with E-state index in [0.29, 0.717) is 26.8 Å². The van der Waals surface area contributed by atoms with Gasteiger partial charge >= 0.3 is 5.97 Å². The summed E-state index contributed by atoms with van der Waals surface area (Å²) in [7, 11) is 1.36. The van der Waals surface area contributed by atoms with Gasteiger partial charge in [-0.3, -0.25) is 0 Å². The van der Waals surface area contributed by atoms with E-state index in [2.05, 4.69) is 53.6 Å². The fourth-order valence-corrected chi connectivity index (χ4v) is 4.06. The van der Waals surface area contributed by atoms with Crippen molar-refractivity contribution in [2.45, 2.75) is 0 Å². The van der Waals surface area contributed by atoms with Crippen LogP contribution in [0.5, 0.6) is 0 Å². The zero-order valence-electron chi connectivity index (χ0n) is 16.2. The van der Waals surface area contributed by atoms with Crippen molar-refractivity contribution in [1.82, 2.24) is 9.97 Å². The summed E-state index contributed by atoms with van der Waals surface area (Å²) in [5.41, 5.74) is 2.67. The molecule has 0 unspecified atom stereocenters. The Morgan fingerprint density at radius 2 is 1.97 bits per heavy atom. The Hall–Kier alpha value is -2.69. The number of carbonyl (C=O) groups is 1. The number of ether oxygens (including phenoxy) is 2. The molecule has 1 saturated heterocycles. The number of anilines is 5. The second kappa shape index (κ2) is 9.41. The summed E-state index contributed by atoms with van der Waals surface area (Å²) in [6, 6.07) is 9.94. The minimum Gasteiger partial charge on any atom is -0.465 e. The van der Waals surface area contributed by atoms with Crippen LogP contribution in [0.1, 0.15) is 9.67 Å². The summed E-state index contributed by atoms with van der Waals surface area (Å²) in [5.74, 6) is 0.590. The number of esters is 1. The number of nitrogens with zero attached hydrogens (tertiary/aromatic N) is 3. The fourth-order valence-electron chi connectivity index (χ4n) is 3.01. The quantitative estimate of drug-likeness (QED) is 0.492. The molecule has 0 atom stereocenters. The van der Waals surface area contributed by atoms with Gasteiger partial charge in [0.25, 0.3) is 0 Å². The zero-order valence-corrected chi connectivity index (χ0v) is 18.6. The number of morpholine rings is 1. The van der Waals surface area contributed by atoms with Gasteiger partial charge in [-0.2, -0.15) is 4.98 Å². The first-order valence-electron chi connectivity index (χ1n) is 9.29. The molecule has 0 spiro atoms. The lowest BCUT2D eigenvalue weighted by Gasteiger charge is -2.28. The molecular formula is C20H20BrN5O3S. The average molecular weight is 490 g/mol. The molecule has 156 valence electrons. The van der Waals surface area contributed by atoms with E-state index in [-0.39, 0.29) is 0 Å². The molecule has 8 nitrogen and oxygen atoms in total. The highest BCUT2D eigenvalue weighted by Crippen LogP contribution is 2.30. The van der Waals surface area contributed by atoms with Crippen molar-refractivity contribution in [3.63, 3.8) is 0 Å². The van der Waals surface area contributed by atoms with Crippen molar-refractivity contribution in [1.29, 1.82) is 0 Å². The minimum atomic E-state index is -0.392. The van der Waals surface area contributed by atoms with E-state index in [1.165, 1.54) is 18.4 Å². The van der Waals surface area contributed by atoms with Gasteiger partial charge in [0, 0.05) is 30.7 Å². The third-order valence-electron chi connectivity index (χ3n) is 4.53. The van der Waals surface area contributed by atoms with E-state index in [9.17, 15) is 4.79 Å². The smallest absolute Gasteiger partial charge is 0.350 e. The Kier molecular flexibility index (Phi) is 6.46. The lowest BCUT2D eigenvalue weighted by atomic mass is 10.2. The highest BCUT2D eigenvalue weighted by atomic mass is 79.9. The van der Waals surface area contributed by atoms with E-state index < -0.39 is 5.97 Å². The summed E-state index contributed by atoms with van der Waals surface area (Å²) in [6.07, 6.45) is 1.66. The van der Waals surface area contributed by atoms with Crippen LogP contribution in [0.15, 0.2) is 46.4 Å². The molecule has 0 amide bonds. The van der Waals surface area contributed by atoms with Crippen LogP contribution < -0.4 is 15.5 Å². The second-order valence-electron chi connectivity index (χ2n) is 6.44. The average Bonchev–Trinajstić information content (AvgIpc) is 3.25. The van der Waals surface area contributed by atoms with Crippen molar-refractivity contribution in [2.75, 3.05) is 48.9 Å². The van der Waals surface area contributed by atoms with Crippen LogP contribution in [-0.2, 0) is 9.47 Å². The summed E-state index contributed by atoms with van der Waals surface area (Å²) < 4.78 is 10.9. The van der Waals surface area contributed by atoms with Crippen LogP contribution >= 0.6 is 27.3 Å². The molecule has 3 aromatic rings. The van der Waals surface area contributed by atoms with Crippen molar-refractivity contribution in [2.24, 2.45) is 0 Å². The Morgan fingerprint density at radius 1 is 1.20 bits per heavy atom. The van der Waals surface area contributed by atoms with Gasteiger partial charge < -0.3 is 25.0 Å². The van der Waals surface area contributed by atoms with Crippen molar-refractivity contribution in [3.8, 4) is 0 Å². The molecule has 0 aliphatic carbocycles. The third kappa shape index (κ3) is 4.72. The highest BCUT2D eigenvalue weighted by molar-refractivity contribution is 9.10. The van der Waals surface area contributed by atoms with Crippen LogP contribution in [0.4, 0.5) is 28.8 Å². The van der Waals surface area contributed by atoms with E-state index >= 15 is 0 Å². The molecule has 0 bridgehead atoms. The Labute approximate surface area is 186 Å². The van der Waals surface area contributed by atoms with Gasteiger partial charge in [0.15, 0.2) is 0 Å². The van der Waals surface area contributed by atoms with Crippen molar-refractivity contribution < 1.29 is 14.3 Å². The van der Waals surface area contributed by atoms with Crippen LogP contribution in [0.3, 0.4) is 0 Å². The zero-order chi connectivity index (χ0) is 20.9. The third-order valence-corrected chi connectivity index (χ3v) is 6.01. The monoisotopic (exact) mass is 489 g/mol. The van der Waals surface area contributed by atoms with E-state index in [4.69, 9.17) is 9.47 Å². The standard InChI is InChI=1S/C20H20BrN5O3S/c1-28-19(27)17-16(6-11-30-17)24-18-15(21)12-22-20(25-18)23-13-2-4-14(5-3-13)26-7-9-29-10-8-26/h2-6,11-12H,7-10H2,1H3,(H2,22,23,24,25). The summed E-state index contributed by atoms with van der Waals surface area (Å²) in [5, 5.41) is 8.20. The second-order valence-corrected chi connectivity index (χ2v) is 8.21. The maximum atomic E-state index is 11.9. The molecule has 30 heavy (non-hydrogen) atoms. The number of halogens is 1. The van der Waals surface area contributed by atoms with E-state index in [1.807, 2.05) is 23.6 Å². The highest BCUT2D eigenvalue weighted by Gasteiger charge is 2.16. The number of methoxy groups -OCH3 is 1. The largest absolute Gasteiger partial charge is 0.465 e. The lowest BCUT2D eigenvalue weighted by Crippen LogP contribution is -2.36. The molecule has 1 aliphatic heterocycles. The number of hydrogen-bond acceptors (Lipinski definition) is 9. The molecule has 0 saturated carbocycles. The minimum absolute atomic E-state index is 0.392. The number of thiophene rings is 1. The number of carbonyl (C=O) groups excluding carboxylic acids is 1. The van der Waals surface area contributed by atoms with Crippen molar-refractivity contribution in [3.05, 3.63) is 51.3 Å². The van der Waals surface area contributed by atoms with Gasteiger partial charge in [0.05, 0.1) is 30.5 Å². The van der Waals surface area contributed by atoms with Crippen LogP contribution in [-0.4, -0.2) is 49.4 Å². The molecule has 4 rings (SSSR count). The molecule has 10 heteroatoms. The summed E-state index contributed by atoms with van der Waals surface area (Å²) >= 11 is 4.75. The predicted molar refractivity (Wildman–Crippen MR) is 121 cm³/mol. The number of benzene rings is 1. The van der Waals surface area contributed by atoms with Crippen LogP contribution in [0, 0.1) is 0 Å². The number of hydrogen-bond donors (Lipinski definition) is 2. The normalized spacial score (nSPS) is 13.7. The Balaban J connectivity index is 1.48. The first kappa shape index (κ1) is 20.6. The first-order valence-corrected chi connectivity index (χ1v) is 11.0. The maximum absolute atomic E-state index is 11.9. The van der Waals surface area contributed by atoms with E-state index in [0.717, 1.165) is 37.7 Å². The van der Waals surface area contributed by atoms with Gasteiger partial charge in [0.1, 0.15) is 10.7 Å². The lowest BCUT2D eigenvalue weighted by molar-refractivity contribution is 0.0607. The van der Waals surface area contributed by atoms with Gasteiger partial charge in [-0.15, -0.1) is 11.3 Å². The molecule has 2 N–H and O–H groups in total. The Bertz CT molecular complexity index is 1020. The topological polar surface area (TPSA) is 88.6 Å². The molecule has 1 fully saturated rings. The first-order chi connectivity index (χ1) is 14.6. The molecule has 0 radical (unpaired) electrons. The maximum Gasteiger partial charge on any atom is 0.350 e. The summed E-state index contributed by atoms with van der Waals surface area (Å²) in [4.78, 5) is 23.5. The van der Waals surface area contributed by atoms with Gasteiger partial charge in [-0.05, 0) is 51.6 Å². The molecule has 2 aromatic heterocycles. The van der Waals surface area contributed by atoms with Crippen molar-refractivity contribution >= 4 is 62.1 Å². The number of rotatable bonds is 6. The molecule has 1 aromatic carbocycles. The van der Waals surface area contributed by atoms with Crippen LogP contribution in [0.2, 0.25) is 0 Å². The summed E-state index contributed by atoms with van der Waals surface area (Å²) in [6.45, 7) is 3.30. The van der Waals surface area contributed by atoms with E-state index in [1.54, 1.807) is 6.20 Å². The number of aromatic nitrogens is 2. The molecular weight excluding hydrogens is 470 g/mol. The number of nitrogens with one attached hydrogen (secondary N) is 2. The van der Waals surface area contributed by atoms with Gasteiger partial charge in [0.2, 0.25) is 5.95 Å². The van der Waals surface area contributed by atoms with Crippen LogP contribution in [0.25, 0.3) is 0 Å².